The predicted octanol–water partition coefficient (Wildman–Crippen LogP) is 4.03. The molecule has 0 amide bonds. The van der Waals surface area contributed by atoms with E-state index in [1.165, 1.54) is 23.1 Å². The Balaban J connectivity index is 1.79. The summed E-state index contributed by atoms with van der Waals surface area (Å²) in [6, 6.07) is 3.84. The van der Waals surface area contributed by atoms with Crippen LogP contribution in [0.15, 0.2) is 16.5 Å². The molecule has 110 valence electrons. The van der Waals surface area contributed by atoms with Crippen molar-refractivity contribution in [1.29, 1.82) is 0 Å². The van der Waals surface area contributed by atoms with Crippen LogP contribution >= 0.6 is 34.7 Å². The molecule has 1 aliphatic rings. The van der Waals surface area contributed by atoms with Crippen molar-refractivity contribution in [3.05, 3.63) is 38.9 Å². The highest BCUT2D eigenvalue weighted by Crippen LogP contribution is 2.37. The van der Waals surface area contributed by atoms with Gasteiger partial charge in [0.05, 0.1) is 12.3 Å². The second kappa shape index (κ2) is 5.87. The number of carboxylic acid groups (broad SMARTS) is 1. The molecule has 3 rings (SSSR count). The Kier molecular flexibility index (Phi) is 4.10. The lowest BCUT2D eigenvalue weighted by Gasteiger charge is -2.07. The smallest absolute Gasteiger partial charge is 0.347 e. The molecular weight excluding hydrogens is 330 g/mol. The van der Waals surface area contributed by atoms with Crippen LogP contribution in [0.2, 0.25) is 5.02 Å². The van der Waals surface area contributed by atoms with Gasteiger partial charge in [-0.05, 0) is 24.6 Å². The first-order valence-corrected chi connectivity index (χ1v) is 8.50. The molecule has 1 aromatic carbocycles. The summed E-state index contributed by atoms with van der Waals surface area (Å²) in [5.41, 5.74) is 2.73. The van der Waals surface area contributed by atoms with Crippen molar-refractivity contribution in [2.45, 2.75) is 23.4 Å². The highest BCUT2D eigenvalue weighted by Gasteiger charge is 2.19. The monoisotopic (exact) mass is 341 g/mol. The lowest BCUT2D eigenvalue weighted by molar-refractivity contribution is 0.0701. The molecule has 0 aliphatic carbocycles. The predicted molar refractivity (Wildman–Crippen MR) is 84.0 cm³/mol. The number of halogens is 1. The summed E-state index contributed by atoms with van der Waals surface area (Å²) < 4.78 is 6.40. The minimum Gasteiger partial charge on any atom is -0.493 e. The maximum atomic E-state index is 11.0. The number of ether oxygens (including phenoxy) is 1. The summed E-state index contributed by atoms with van der Waals surface area (Å²) in [6.45, 7) is 2.40. The van der Waals surface area contributed by atoms with Gasteiger partial charge in [-0.1, -0.05) is 23.4 Å². The van der Waals surface area contributed by atoms with E-state index < -0.39 is 5.97 Å². The largest absolute Gasteiger partial charge is 0.493 e. The number of carboxylic acids is 1. The van der Waals surface area contributed by atoms with Crippen LogP contribution in [0.25, 0.3) is 0 Å². The van der Waals surface area contributed by atoms with Gasteiger partial charge in [0.15, 0.2) is 4.34 Å². The maximum absolute atomic E-state index is 11.0. The molecule has 0 unspecified atom stereocenters. The van der Waals surface area contributed by atoms with Crippen LogP contribution in [-0.4, -0.2) is 22.7 Å². The molecule has 1 aliphatic heterocycles. The number of aromatic nitrogens is 1. The van der Waals surface area contributed by atoms with Crippen molar-refractivity contribution in [1.82, 2.24) is 4.98 Å². The van der Waals surface area contributed by atoms with E-state index in [2.05, 4.69) is 4.98 Å². The molecule has 0 atom stereocenters. The van der Waals surface area contributed by atoms with E-state index in [1.807, 2.05) is 12.1 Å². The van der Waals surface area contributed by atoms with Crippen LogP contribution in [0.4, 0.5) is 0 Å². The lowest BCUT2D eigenvalue weighted by Crippen LogP contribution is -1.94. The number of thioether (sulfide) groups is 1. The van der Waals surface area contributed by atoms with Gasteiger partial charge in [0.1, 0.15) is 10.6 Å². The molecule has 2 aromatic rings. The van der Waals surface area contributed by atoms with E-state index in [4.69, 9.17) is 21.4 Å². The average molecular weight is 342 g/mol. The van der Waals surface area contributed by atoms with Crippen LogP contribution in [0.1, 0.15) is 26.5 Å². The van der Waals surface area contributed by atoms with Gasteiger partial charge < -0.3 is 9.84 Å². The molecule has 1 aromatic heterocycles. The van der Waals surface area contributed by atoms with Gasteiger partial charge >= 0.3 is 5.97 Å². The second-order valence-corrected chi connectivity index (χ2v) is 7.30. The first-order valence-electron chi connectivity index (χ1n) is 6.32. The molecule has 0 bridgehead atoms. The molecule has 4 nitrogen and oxygen atoms in total. The van der Waals surface area contributed by atoms with Crippen LogP contribution in [0.3, 0.4) is 0 Å². The summed E-state index contributed by atoms with van der Waals surface area (Å²) in [5, 5.41) is 9.76. The highest BCUT2D eigenvalue weighted by molar-refractivity contribution is 8.00. The van der Waals surface area contributed by atoms with Gasteiger partial charge in [-0.3, -0.25) is 0 Å². The Bertz CT molecular complexity index is 714. The van der Waals surface area contributed by atoms with Crippen molar-refractivity contribution < 1.29 is 14.6 Å². The zero-order valence-corrected chi connectivity index (χ0v) is 13.6. The summed E-state index contributed by atoms with van der Waals surface area (Å²) in [7, 11) is 0. The number of rotatable bonds is 4. The molecule has 0 spiro atoms. The normalized spacial score (nSPS) is 13.0. The Morgan fingerprint density at radius 2 is 2.38 bits per heavy atom. The standard InChI is InChI=1S/C14H12ClNO3S2/c1-7-12(13(17)18)21-14(16-7)20-6-9-5-10(15)4-8-2-3-19-11(8)9/h4-5H,2-3,6H2,1H3,(H,17,18). The first-order chi connectivity index (χ1) is 10.0. The summed E-state index contributed by atoms with van der Waals surface area (Å²) >= 11 is 8.83. The Morgan fingerprint density at radius 1 is 1.57 bits per heavy atom. The minimum absolute atomic E-state index is 0.296. The lowest BCUT2D eigenvalue weighted by atomic mass is 10.1. The minimum atomic E-state index is -0.927. The second-order valence-electron chi connectivity index (χ2n) is 4.64. The third-order valence-electron chi connectivity index (χ3n) is 3.15. The topological polar surface area (TPSA) is 59.4 Å². The van der Waals surface area contributed by atoms with Crippen LogP contribution in [0.5, 0.6) is 5.75 Å². The molecule has 0 saturated heterocycles. The molecular formula is C14H12ClNO3S2. The van der Waals surface area contributed by atoms with Crippen LogP contribution in [-0.2, 0) is 12.2 Å². The number of carbonyl (C=O) groups is 1. The fourth-order valence-electron chi connectivity index (χ4n) is 2.22. The third-order valence-corrected chi connectivity index (χ3v) is 5.70. The summed E-state index contributed by atoms with van der Waals surface area (Å²) in [4.78, 5) is 15.6. The number of nitrogens with zero attached hydrogens (tertiary/aromatic N) is 1. The molecule has 2 heterocycles. The highest BCUT2D eigenvalue weighted by atomic mass is 35.5. The summed E-state index contributed by atoms with van der Waals surface area (Å²) in [6.07, 6.45) is 0.882. The van der Waals surface area contributed by atoms with Crippen molar-refractivity contribution in [3.63, 3.8) is 0 Å². The Hall–Kier alpha value is -1.24. The fraction of sp³-hybridized carbons (Fsp3) is 0.286. The maximum Gasteiger partial charge on any atom is 0.347 e. The SMILES string of the molecule is Cc1nc(SCc2cc(Cl)cc3c2OCC3)sc1C(=O)O. The van der Waals surface area contributed by atoms with Crippen LogP contribution < -0.4 is 4.74 Å². The number of hydrogen-bond acceptors (Lipinski definition) is 5. The number of aromatic carboxylic acids is 1. The molecule has 0 fully saturated rings. The van der Waals surface area contributed by atoms with Gasteiger partial charge in [0.25, 0.3) is 0 Å². The van der Waals surface area contributed by atoms with Crippen molar-refractivity contribution >= 4 is 40.7 Å². The molecule has 1 N–H and O–H groups in total. The van der Waals surface area contributed by atoms with Gasteiger partial charge in [-0.15, -0.1) is 11.3 Å². The van der Waals surface area contributed by atoms with Gasteiger partial charge in [-0.2, -0.15) is 0 Å². The van der Waals surface area contributed by atoms with Gasteiger partial charge in [0, 0.05) is 22.8 Å². The van der Waals surface area contributed by atoms with E-state index in [-0.39, 0.29) is 0 Å². The zero-order chi connectivity index (χ0) is 15.0. The number of benzene rings is 1. The van der Waals surface area contributed by atoms with E-state index in [0.717, 1.165) is 27.6 Å². The van der Waals surface area contributed by atoms with E-state index in [9.17, 15) is 4.79 Å². The number of thiazole rings is 1. The van der Waals surface area contributed by atoms with Crippen molar-refractivity contribution in [2.24, 2.45) is 0 Å². The van der Waals surface area contributed by atoms with E-state index in [0.29, 0.717) is 28.0 Å². The molecule has 21 heavy (non-hydrogen) atoms. The quantitative estimate of drug-likeness (QED) is 0.851. The van der Waals surface area contributed by atoms with Gasteiger partial charge in [0.2, 0.25) is 0 Å². The number of aryl methyl sites for hydroxylation is 1. The summed E-state index contributed by atoms with van der Waals surface area (Å²) in [5.74, 6) is 0.650. The van der Waals surface area contributed by atoms with Crippen molar-refractivity contribution in [3.8, 4) is 5.75 Å². The fourth-order valence-corrected chi connectivity index (χ4v) is 4.48. The number of fused-ring (bicyclic) bond motifs is 1. The zero-order valence-electron chi connectivity index (χ0n) is 11.2. The van der Waals surface area contributed by atoms with Crippen LogP contribution in [0, 0.1) is 6.92 Å². The van der Waals surface area contributed by atoms with Crippen molar-refractivity contribution in [2.75, 3.05) is 6.61 Å². The van der Waals surface area contributed by atoms with Gasteiger partial charge in [-0.25, -0.2) is 9.78 Å². The first kappa shape index (κ1) is 14.7. The molecule has 7 heteroatoms. The van der Waals surface area contributed by atoms with E-state index >= 15 is 0 Å². The Morgan fingerprint density at radius 3 is 3.10 bits per heavy atom. The molecule has 0 saturated carbocycles. The average Bonchev–Trinajstić information content (AvgIpc) is 3.02. The molecule has 0 radical (unpaired) electrons. The number of hydrogen-bond donors (Lipinski definition) is 1. The third kappa shape index (κ3) is 3.02. The Labute approximate surface area is 135 Å². The van der Waals surface area contributed by atoms with E-state index in [1.54, 1.807) is 6.92 Å².